The van der Waals surface area contributed by atoms with E-state index in [2.05, 4.69) is 5.32 Å². The molecule has 0 aromatic rings. The molecule has 0 fully saturated rings. The summed E-state index contributed by atoms with van der Waals surface area (Å²) >= 11 is 0. The van der Waals surface area contributed by atoms with Crippen LogP contribution in [0.2, 0.25) is 0 Å². The minimum absolute atomic E-state index is 0.0535. The van der Waals surface area contributed by atoms with Crippen LogP contribution in [-0.4, -0.2) is 31.2 Å². The first-order valence-corrected chi connectivity index (χ1v) is 5.26. The lowest BCUT2D eigenvalue weighted by Gasteiger charge is -2.15. The fourth-order valence-electron chi connectivity index (χ4n) is 1.16. The third-order valence-electron chi connectivity index (χ3n) is 1.95. The van der Waals surface area contributed by atoms with Crippen molar-refractivity contribution < 1.29 is 9.53 Å². The molecule has 14 heavy (non-hydrogen) atoms. The lowest BCUT2D eigenvalue weighted by atomic mass is 10.1. The molecular formula is C10H22N2O2. The normalized spacial score (nSPS) is 14.9. The van der Waals surface area contributed by atoms with Gasteiger partial charge in [0.25, 0.3) is 0 Å². The number of ether oxygens (including phenoxy) is 1. The van der Waals surface area contributed by atoms with Gasteiger partial charge in [0, 0.05) is 13.2 Å². The van der Waals surface area contributed by atoms with Gasteiger partial charge in [-0.15, -0.1) is 0 Å². The van der Waals surface area contributed by atoms with Crippen LogP contribution in [0.4, 0.5) is 0 Å². The number of amides is 1. The largest absolute Gasteiger partial charge is 0.377 e. The number of hydrogen-bond acceptors (Lipinski definition) is 3. The van der Waals surface area contributed by atoms with Crippen LogP contribution in [0.5, 0.6) is 0 Å². The quantitative estimate of drug-likeness (QED) is 0.637. The highest BCUT2D eigenvalue weighted by Crippen LogP contribution is 1.94. The summed E-state index contributed by atoms with van der Waals surface area (Å²) < 4.78 is 5.28. The molecule has 0 saturated carbocycles. The van der Waals surface area contributed by atoms with E-state index in [0.29, 0.717) is 13.2 Å². The number of rotatable bonds is 7. The van der Waals surface area contributed by atoms with E-state index in [4.69, 9.17) is 10.5 Å². The first kappa shape index (κ1) is 13.4. The predicted octanol–water partition coefficient (Wildman–Crippen LogP) is 0.655. The molecule has 0 rings (SSSR count). The van der Waals surface area contributed by atoms with E-state index in [-0.39, 0.29) is 18.1 Å². The summed E-state index contributed by atoms with van der Waals surface area (Å²) in [7, 11) is 0. The van der Waals surface area contributed by atoms with Gasteiger partial charge >= 0.3 is 0 Å². The fraction of sp³-hybridized carbons (Fsp3) is 0.900. The highest BCUT2D eigenvalue weighted by molar-refractivity contribution is 5.81. The van der Waals surface area contributed by atoms with E-state index in [9.17, 15) is 4.79 Å². The van der Waals surface area contributed by atoms with Crippen LogP contribution in [0.15, 0.2) is 0 Å². The molecule has 0 aromatic carbocycles. The molecule has 0 radical (unpaired) electrons. The molecule has 0 spiro atoms. The summed E-state index contributed by atoms with van der Waals surface area (Å²) in [5.41, 5.74) is 5.64. The van der Waals surface area contributed by atoms with Crippen molar-refractivity contribution in [2.75, 3.05) is 13.2 Å². The van der Waals surface area contributed by atoms with Gasteiger partial charge < -0.3 is 15.8 Å². The lowest BCUT2D eigenvalue weighted by Crippen LogP contribution is -2.43. The van der Waals surface area contributed by atoms with E-state index < -0.39 is 0 Å². The van der Waals surface area contributed by atoms with Crippen molar-refractivity contribution in [2.45, 2.75) is 45.8 Å². The maximum atomic E-state index is 11.3. The molecule has 4 heteroatoms. The smallest absolute Gasteiger partial charge is 0.237 e. The molecule has 3 N–H and O–H groups in total. The molecule has 0 heterocycles. The zero-order chi connectivity index (χ0) is 11.0. The van der Waals surface area contributed by atoms with E-state index in [1.54, 1.807) is 0 Å². The van der Waals surface area contributed by atoms with Gasteiger partial charge in [0.15, 0.2) is 0 Å². The van der Waals surface area contributed by atoms with Crippen LogP contribution in [0.1, 0.15) is 33.6 Å². The molecule has 0 aliphatic carbocycles. The maximum absolute atomic E-state index is 11.3. The van der Waals surface area contributed by atoms with Crippen molar-refractivity contribution in [3.8, 4) is 0 Å². The molecule has 84 valence electrons. The maximum Gasteiger partial charge on any atom is 0.237 e. The Hall–Kier alpha value is -0.610. The average Bonchev–Trinajstić information content (AvgIpc) is 2.15. The SMILES string of the molecule is CCCC(N)C(=O)NCC(C)OCC. The Bertz CT molecular complexity index is 162. The van der Waals surface area contributed by atoms with Crippen molar-refractivity contribution in [3.63, 3.8) is 0 Å². The first-order chi connectivity index (χ1) is 6.61. The fourth-order valence-corrected chi connectivity index (χ4v) is 1.16. The van der Waals surface area contributed by atoms with Crippen LogP contribution in [0.3, 0.4) is 0 Å². The van der Waals surface area contributed by atoms with Gasteiger partial charge in [0.2, 0.25) is 5.91 Å². The minimum atomic E-state index is -0.381. The lowest BCUT2D eigenvalue weighted by molar-refractivity contribution is -0.123. The molecule has 0 saturated heterocycles. The summed E-state index contributed by atoms with van der Waals surface area (Å²) in [6.45, 7) is 7.06. The molecule has 0 aliphatic rings. The van der Waals surface area contributed by atoms with Crippen molar-refractivity contribution in [1.82, 2.24) is 5.32 Å². The van der Waals surface area contributed by atoms with Gasteiger partial charge in [-0.05, 0) is 20.3 Å². The molecular weight excluding hydrogens is 180 g/mol. The number of nitrogens with two attached hydrogens (primary N) is 1. The number of carbonyl (C=O) groups is 1. The zero-order valence-electron chi connectivity index (χ0n) is 9.38. The van der Waals surface area contributed by atoms with Crippen LogP contribution in [-0.2, 0) is 9.53 Å². The Balaban J connectivity index is 3.61. The van der Waals surface area contributed by atoms with E-state index >= 15 is 0 Å². The standard InChI is InChI=1S/C10H22N2O2/c1-4-6-9(11)10(13)12-7-8(3)14-5-2/h8-9H,4-7,11H2,1-3H3,(H,12,13). The molecule has 2 unspecified atom stereocenters. The highest BCUT2D eigenvalue weighted by Gasteiger charge is 2.12. The first-order valence-electron chi connectivity index (χ1n) is 5.26. The Morgan fingerprint density at radius 2 is 2.14 bits per heavy atom. The minimum Gasteiger partial charge on any atom is -0.377 e. The topological polar surface area (TPSA) is 64.4 Å². The summed E-state index contributed by atoms with van der Waals surface area (Å²) in [6.07, 6.45) is 1.71. The number of carbonyl (C=O) groups excluding carboxylic acids is 1. The summed E-state index contributed by atoms with van der Waals surface area (Å²) in [6, 6.07) is -0.381. The van der Waals surface area contributed by atoms with E-state index in [1.807, 2.05) is 20.8 Å². The summed E-state index contributed by atoms with van der Waals surface area (Å²) in [5, 5.41) is 2.76. The predicted molar refractivity (Wildman–Crippen MR) is 57.0 cm³/mol. The van der Waals surface area contributed by atoms with Gasteiger partial charge in [0.05, 0.1) is 12.1 Å². The summed E-state index contributed by atoms with van der Waals surface area (Å²) in [5.74, 6) is -0.0848. The van der Waals surface area contributed by atoms with Crippen LogP contribution < -0.4 is 11.1 Å². The second kappa shape index (κ2) is 7.76. The second-order valence-corrected chi connectivity index (χ2v) is 3.41. The van der Waals surface area contributed by atoms with Crippen molar-refractivity contribution >= 4 is 5.91 Å². The third-order valence-corrected chi connectivity index (χ3v) is 1.95. The molecule has 1 amide bonds. The Morgan fingerprint density at radius 3 is 2.64 bits per heavy atom. The summed E-state index contributed by atoms with van der Waals surface area (Å²) in [4.78, 5) is 11.3. The molecule has 4 nitrogen and oxygen atoms in total. The molecule has 2 atom stereocenters. The monoisotopic (exact) mass is 202 g/mol. The number of hydrogen-bond donors (Lipinski definition) is 2. The van der Waals surface area contributed by atoms with E-state index in [0.717, 1.165) is 12.8 Å². The third kappa shape index (κ3) is 5.94. The van der Waals surface area contributed by atoms with Crippen LogP contribution in [0.25, 0.3) is 0 Å². The van der Waals surface area contributed by atoms with Crippen molar-refractivity contribution in [2.24, 2.45) is 5.73 Å². The van der Waals surface area contributed by atoms with Crippen molar-refractivity contribution in [3.05, 3.63) is 0 Å². The molecule has 0 aromatic heterocycles. The van der Waals surface area contributed by atoms with Gasteiger partial charge in [-0.3, -0.25) is 4.79 Å². The Labute approximate surface area is 86.2 Å². The van der Waals surface area contributed by atoms with Gasteiger partial charge in [-0.1, -0.05) is 13.3 Å². The van der Waals surface area contributed by atoms with Crippen LogP contribution >= 0.6 is 0 Å². The van der Waals surface area contributed by atoms with Gasteiger partial charge in [-0.25, -0.2) is 0 Å². The molecule has 0 aliphatic heterocycles. The highest BCUT2D eigenvalue weighted by atomic mass is 16.5. The van der Waals surface area contributed by atoms with Crippen LogP contribution in [0, 0.1) is 0 Å². The number of nitrogens with one attached hydrogen (secondary N) is 1. The van der Waals surface area contributed by atoms with E-state index in [1.165, 1.54) is 0 Å². The average molecular weight is 202 g/mol. The zero-order valence-corrected chi connectivity index (χ0v) is 9.38. The second-order valence-electron chi connectivity index (χ2n) is 3.41. The Kier molecular flexibility index (Phi) is 7.42. The van der Waals surface area contributed by atoms with Gasteiger partial charge in [0.1, 0.15) is 0 Å². The Morgan fingerprint density at radius 1 is 1.50 bits per heavy atom. The van der Waals surface area contributed by atoms with Gasteiger partial charge in [-0.2, -0.15) is 0 Å². The van der Waals surface area contributed by atoms with Crippen molar-refractivity contribution in [1.29, 1.82) is 0 Å². The molecule has 0 bridgehead atoms.